The van der Waals surface area contributed by atoms with E-state index in [0.29, 0.717) is 11.1 Å². The van der Waals surface area contributed by atoms with Gasteiger partial charge in [0.15, 0.2) is 0 Å². The second kappa shape index (κ2) is 4.72. The molecule has 4 heteroatoms. The average molecular weight is 211 g/mol. The third kappa shape index (κ3) is 2.63. The van der Waals surface area contributed by atoms with Crippen LogP contribution in [0.25, 0.3) is 0 Å². The predicted molar refractivity (Wildman–Crippen MR) is 51.6 cm³/mol. The summed E-state index contributed by atoms with van der Waals surface area (Å²) < 4.78 is 0. The Bertz CT molecular complexity index is 410. The molecule has 0 saturated carbocycles. The SMILES string of the molecule is N#Cc1cc(C#CCCl)cnc1Cl. The fourth-order valence-electron chi connectivity index (χ4n) is 0.730. The maximum absolute atomic E-state index is 8.62. The standard InChI is InChI=1S/C9H4Cl2N2/c10-3-1-2-7-4-8(5-12)9(11)13-6-7/h4,6H,3H2. The van der Waals surface area contributed by atoms with Crippen LogP contribution in [0.15, 0.2) is 12.3 Å². The van der Waals surface area contributed by atoms with Crippen LogP contribution in [0.4, 0.5) is 0 Å². The molecular weight excluding hydrogens is 207 g/mol. The lowest BCUT2D eigenvalue weighted by molar-refractivity contribution is 1.29. The summed E-state index contributed by atoms with van der Waals surface area (Å²) in [4.78, 5) is 3.80. The van der Waals surface area contributed by atoms with E-state index >= 15 is 0 Å². The maximum atomic E-state index is 8.62. The molecule has 1 rings (SSSR count). The van der Waals surface area contributed by atoms with E-state index in [0.717, 1.165) is 0 Å². The van der Waals surface area contributed by atoms with Gasteiger partial charge in [0.2, 0.25) is 0 Å². The topological polar surface area (TPSA) is 36.7 Å². The first-order chi connectivity index (χ1) is 6.27. The van der Waals surface area contributed by atoms with Gasteiger partial charge in [0.1, 0.15) is 11.2 Å². The first kappa shape index (κ1) is 9.86. The summed E-state index contributed by atoms with van der Waals surface area (Å²) in [5.74, 6) is 5.65. The van der Waals surface area contributed by atoms with Crippen molar-refractivity contribution in [3.63, 3.8) is 0 Å². The van der Waals surface area contributed by atoms with Gasteiger partial charge < -0.3 is 0 Å². The van der Waals surface area contributed by atoms with Crippen LogP contribution in [-0.4, -0.2) is 10.9 Å². The smallest absolute Gasteiger partial charge is 0.146 e. The minimum absolute atomic E-state index is 0.193. The molecule has 0 spiro atoms. The third-order valence-electron chi connectivity index (χ3n) is 1.26. The van der Waals surface area contributed by atoms with Gasteiger partial charge in [0, 0.05) is 11.8 Å². The Balaban J connectivity index is 3.08. The third-order valence-corrected chi connectivity index (χ3v) is 1.69. The molecule has 0 aliphatic rings. The molecule has 0 bridgehead atoms. The Labute approximate surface area is 86.1 Å². The first-order valence-corrected chi connectivity index (χ1v) is 4.29. The lowest BCUT2D eigenvalue weighted by atomic mass is 10.2. The van der Waals surface area contributed by atoms with Crippen molar-refractivity contribution in [3.05, 3.63) is 28.5 Å². The summed E-state index contributed by atoms with van der Waals surface area (Å²) in [6, 6.07) is 3.50. The molecule has 0 aromatic carbocycles. The minimum Gasteiger partial charge on any atom is -0.242 e. The molecular formula is C9H4Cl2N2. The van der Waals surface area contributed by atoms with Crippen LogP contribution in [0.1, 0.15) is 11.1 Å². The van der Waals surface area contributed by atoms with Gasteiger partial charge in [-0.2, -0.15) is 5.26 Å². The van der Waals surface area contributed by atoms with Crippen molar-refractivity contribution < 1.29 is 0 Å². The molecule has 0 aliphatic heterocycles. The van der Waals surface area contributed by atoms with Crippen LogP contribution in [0.3, 0.4) is 0 Å². The lowest BCUT2D eigenvalue weighted by Crippen LogP contribution is -1.85. The Hall–Kier alpha value is -1.22. The second-order valence-corrected chi connectivity index (χ2v) is 2.73. The van der Waals surface area contributed by atoms with E-state index in [1.54, 1.807) is 6.07 Å². The molecule has 1 heterocycles. The molecule has 1 aromatic rings. The van der Waals surface area contributed by atoms with Crippen molar-refractivity contribution in [2.75, 3.05) is 5.88 Å². The van der Waals surface area contributed by atoms with Crippen LogP contribution in [0.5, 0.6) is 0 Å². The van der Waals surface area contributed by atoms with Crippen molar-refractivity contribution in [3.8, 4) is 17.9 Å². The minimum atomic E-state index is 0.193. The highest BCUT2D eigenvalue weighted by molar-refractivity contribution is 6.30. The van der Waals surface area contributed by atoms with Crippen molar-refractivity contribution >= 4 is 23.2 Å². The molecule has 64 valence electrons. The fourth-order valence-corrected chi connectivity index (χ4v) is 0.943. The van der Waals surface area contributed by atoms with Crippen molar-refractivity contribution in [1.29, 1.82) is 5.26 Å². The van der Waals surface area contributed by atoms with Crippen molar-refractivity contribution in [2.24, 2.45) is 0 Å². The molecule has 0 aliphatic carbocycles. The van der Waals surface area contributed by atoms with Gasteiger partial charge in [-0.05, 0) is 6.07 Å². The quantitative estimate of drug-likeness (QED) is 0.374. The molecule has 0 radical (unpaired) electrons. The molecule has 2 nitrogen and oxygen atoms in total. The zero-order valence-corrected chi connectivity index (χ0v) is 8.02. The highest BCUT2D eigenvalue weighted by atomic mass is 35.5. The predicted octanol–water partition coefficient (Wildman–Crippen LogP) is 2.20. The lowest BCUT2D eigenvalue weighted by Gasteiger charge is -1.93. The number of halogens is 2. The summed E-state index contributed by atoms with van der Waals surface area (Å²) in [6.45, 7) is 0. The summed E-state index contributed by atoms with van der Waals surface area (Å²) >= 11 is 11.0. The highest BCUT2D eigenvalue weighted by Gasteiger charge is 1.99. The number of hydrogen-bond acceptors (Lipinski definition) is 2. The number of hydrogen-bond donors (Lipinski definition) is 0. The number of rotatable bonds is 0. The van der Waals surface area contributed by atoms with Gasteiger partial charge in [-0.1, -0.05) is 23.4 Å². The fraction of sp³-hybridized carbons (Fsp3) is 0.111. The zero-order chi connectivity index (χ0) is 9.68. The maximum Gasteiger partial charge on any atom is 0.146 e. The number of nitrogens with zero attached hydrogens (tertiary/aromatic N) is 2. The molecule has 0 N–H and O–H groups in total. The number of nitriles is 1. The molecule has 0 atom stereocenters. The van der Waals surface area contributed by atoms with Crippen LogP contribution < -0.4 is 0 Å². The number of pyridine rings is 1. The van der Waals surface area contributed by atoms with Gasteiger partial charge in [-0.25, -0.2) is 4.98 Å². The Morgan fingerprint density at radius 3 is 2.92 bits per heavy atom. The largest absolute Gasteiger partial charge is 0.242 e. The van der Waals surface area contributed by atoms with Crippen LogP contribution in [-0.2, 0) is 0 Å². The van der Waals surface area contributed by atoms with Crippen molar-refractivity contribution in [2.45, 2.75) is 0 Å². The monoisotopic (exact) mass is 210 g/mol. The Morgan fingerprint density at radius 2 is 2.31 bits per heavy atom. The van der Waals surface area contributed by atoms with Crippen LogP contribution in [0, 0.1) is 23.2 Å². The van der Waals surface area contributed by atoms with E-state index in [1.807, 2.05) is 6.07 Å². The normalized spacial score (nSPS) is 8.38. The summed E-state index contributed by atoms with van der Waals surface area (Å²) in [5.41, 5.74) is 0.963. The van der Waals surface area contributed by atoms with Gasteiger partial charge in [-0.15, -0.1) is 11.6 Å². The Morgan fingerprint density at radius 1 is 1.54 bits per heavy atom. The number of alkyl halides is 1. The van der Waals surface area contributed by atoms with Crippen molar-refractivity contribution in [1.82, 2.24) is 4.98 Å². The molecule has 1 aromatic heterocycles. The van der Waals surface area contributed by atoms with Gasteiger partial charge in [0.05, 0.1) is 11.4 Å². The zero-order valence-electron chi connectivity index (χ0n) is 6.51. The summed E-state index contributed by atoms with van der Waals surface area (Å²) in [6.07, 6.45) is 1.50. The van der Waals surface area contributed by atoms with Gasteiger partial charge in [0.25, 0.3) is 0 Å². The van der Waals surface area contributed by atoms with Crippen LogP contribution in [0.2, 0.25) is 5.15 Å². The molecule has 0 amide bonds. The second-order valence-electron chi connectivity index (χ2n) is 2.11. The highest BCUT2D eigenvalue weighted by Crippen LogP contribution is 2.12. The summed E-state index contributed by atoms with van der Waals surface area (Å²) in [5, 5.41) is 8.81. The molecule has 0 saturated heterocycles. The molecule has 0 unspecified atom stereocenters. The molecule has 0 fully saturated rings. The van der Waals surface area contributed by atoms with E-state index in [-0.39, 0.29) is 11.0 Å². The van der Waals surface area contributed by atoms with Crippen LogP contribution >= 0.6 is 23.2 Å². The van der Waals surface area contributed by atoms with E-state index in [1.165, 1.54) is 6.20 Å². The number of aromatic nitrogens is 1. The first-order valence-electron chi connectivity index (χ1n) is 3.38. The summed E-state index contributed by atoms with van der Waals surface area (Å²) in [7, 11) is 0. The Kier molecular flexibility index (Phi) is 3.58. The van der Waals surface area contributed by atoms with E-state index in [2.05, 4.69) is 16.8 Å². The van der Waals surface area contributed by atoms with Gasteiger partial charge in [-0.3, -0.25) is 0 Å². The van der Waals surface area contributed by atoms with E-state index in [4.69, 9.17) is 28.5 Å². The average Bonchev–Trinajstić information content (AvgIpc) is 2.16. The van der Waals surface area contributed by atoms with Gasteiger partial charge >= 0.3 is 0 Å². The van der Waals surface area contributed by atoms with E-state index in [9.17, 15) is 0 Å². The molecule has 13 heavy (non-hydrogen) atoms. The van der Waals surface area contributed by atoms with E-state index < -0.39 is 0 Å².